The third-order valence-corrected chi connectivity index (χ3v) is 4.76. The van der Waals surface area contributed by atoms with Crippen molar-refractivity contribution in [1.82, 2.24) is 4.90 Å². The van der Waals surface area contributed by atoms with E-state index in [1.165, 1.54) is 6.42 Å². The van der Waals surface area contributed by atoms with Crippen molar-refractivity contribution in [2.75, 3.05) is 24.5 Å². The summed E-state index contributed by atoms with van der Waals surface area (Å²) in [4.78, 5) is 28.7. The Labute approximate surface area is 132 Å². The highest BCUT2D eigenvalue weighted by Crippen LogP contribution is 2.28. The van der Waals surface area contributed by atoms with Gasteiger partial charge in [-0.25, -0.2) is 0 Å². The first kappa shape index (κ1) is 15.1. The first-order valence-corrected chi connectivity index (χ1v) is 8.20. The molecule has 2 heterocycles. The first-order valence-electron chi connectivity index (χ1n) is 8.20. The highest BCUT2D eigenvalue weighted by Gasteiger charge is 2.37. The molecule has 2 atom stereocenters. The molecule has 0 bridgehead atoms. The van der Waals surface area contributed by atoms with E-state index in [4.69, 9.17) is 0 Å². The topological polar surface area (TPSA) is 40.6 Å². The van der Waals surface area contributed by atoms with Crippen LogP contribution in [0.15, 0.2) is 24.3 Å². The fourth-order valence-corrected chi connectivity index (χ4v) is 3.57. The van der Waals surface area contributed by atoms with E-state index in [2.05, 4.69) is 6.92 Å². The summed E-state index contributed by atoms with van der Waals surface area (Å²) in [5.41, 5.74) is 2.04. The van der Waals surface area contributed by atoms with Gasteiger partial charge in [-0.3, -0.25) is 9.59 Å². The van der Waals surface area contributed by atoms with Gasteiger partial charge in [-0.2, -0.15) is 0 Å². The van der Waals surface area contributed by atoms with Gasteiger partial charge >= 0.3 is 0 Å². The average Bonchev–Trinajstić information content (AvgIpc) is 2.88. The summed E-state index contributed by atoms with van der Waals surface area (Å²) in [5, 5.41) is 0. The maximum atomic E-state index is 12.7. The normalized spacial score (nSPS) is 25.6. The van der Waals surface area contributed by atoms with Crippen LogP contribution in [0.5, 0.6) is 0 Å². The molecule has 2 aliphatic heterocycles. The minimum absolute atomic E-state index is 0.0639. The Morgan fingerprint density at radius 2 is 2.09 bits per heavy atom. The standard InChI is InChI=1S/C18H24N2O2/c1-13-5-3-7-16(9-13)20-12-15(10-17(20)21)18(22)19-8-4-6-14(2)11-19/h3,5,7,9,14-15H,4,6,8,10-12H2,1-2H3/t14-,15-/m0/s1. The van der Waals surface area contributed by atoms with Crippen molar-refractivity contribution in [2.45, 2.75) is 33.1 Å². The van der Waals surface area contributed by atoms with Crippen LogP contribution in [0, 0.1) is 18.8 Å². The maximum Gasteiger partial charge on any atom is 0.228 e. The lowest BCUT2D eigenvalue weighted by molar-refractivity contribution is -0.137. The second-order valence-electron chi connectivity index (χ2n) is 6.78. The number of hydrogen-bond donors (Lipinski definition) is 0. The van der Waals surface area contributed by atoms with Crippen molar-refractivity contribution in [3.05, 3.63) is 29.8 Å². The van der Waals surface area contributed by atoms with Gasteiger partial charge in [-0.05, 0) is 43.4 Å². The van der Waals surface area contributed by atoms with Crippen LogP contribution in [0.3, 0.4) is 0 Å². The van der Waals surface area contributed by atoms with Gasteiger partial charge < -0.3 is 9.80 Å². The van der Waals surface area contributed by atoms with Gasteiger partial charge in [0, 0.05) is 31.7 Å². The molecule has 22 heavy (non-hydrogen) atoms. The van der Waals surface area contributed by atoms with Gasteiger partial charge in [-0.15, -0.1) is 0 Å². The van der Waals surface area contributed by atoms with Gasteiger partial charge in [0.2, 0.25) is 11.8 Å². The van der Waals surface area contributed by atoms with E-state index in [0.29, 0.717) is 18.9 Å². The Hall–Kier alpha value is -1.84. The van der Waals surface area contributed by atoms with Gasteiger partial charge in [0.1, 0.15) is 0 Å². The zero-order valence-electron chi connectivity index (χ0n) is 13.4. The Morgan fingerprint density at radius 1 is 1.27 bits per heavy atom. The molecule has 1 aromatic carbocycles. The molecule has 3 rings (SSSR count). The molecule has 0 radical (unpaired) electrons. The third kappa shape index (κ3) is 3.01. The van der Waals surface area contributed by atoms with Crippen LogP contribution in [0.4, 0.5) is 5.69 Å². The molecule has 0 unspecified atom stereocenters. The van der Waals surface area contributed by atoms with Crippen LogP contribution < -0.4 is 4.90 Å². The number of nitrogens with zero attached hydrogens (tertiary/aromatic N) is 2. The number of rotatable bonds is 2. The molecular weight excluding hydrogens is 276 g/mol. The van der Waals surface area contributed by atoms with Crippen molar-refractivity contribution >= 4 is 17.5 Å². The molecule has 118 valence electrons. The van der Waals surface area contributed by atoms with Gasteiger partial charge in [0.25, 0.3) is 0 Å². The predicted molar refractivity (Wildman–Crippen MR) is 86.6 cm³/mol. The van der Waals surface area contributed by atoms with Crippen molar-refractivity contribution in [2.24, 2.45) is 11.8 Å². The van der Waals surface area contributed by atoms with E-state index < -0.39 is 0 Å². The molecule has 1 aromatic rings. The first-order chi connectivity index (χ1) is 10.5. The zero-order valence-corrected chi connectivity index (χ0v) is 13.4. The van der Waals surface area contributed by atoms with Crippen LogP contribution >= 0.6 is 0 Å². The molecule has 2 aliphatic rings. The van der Waals surface area contributed by atoms with E-state index in [0.717, 1.165) is 30.8 Å². The highest BCUT2D eigenvalue weighted by atomic mass is 16.2. The van der Waals surface area contributed by atoms with Crippen LogP contribution in [-0.2, 0) is 9.59 Å². The minimum Gasteiger partial charge on any atom is -0.342 e. The SMILES string of the molecule is Cc1cccc(N2C[C@@H](C(=O)N3CCC[C@H](C)C3)CC2=O)c1. The summed E-state index contributed by atoms with van der Waals surface area (Å²) in [7, 11) is 0. The number of amides is 2. The summed E-state index contributed by atoms with van der Waals surface area (Å²) in [6, 6.07) is 7.93. The molecule has 2 fully saturated rings. The Bertz CT molecular complexity index is 584. The summed E-state index contributed by atoms with van der Waals surface area (Å²) >= 11 is 0. The number of likely N-dealkylation sites (tertiary alicyclic amines) is 1. The number of hydrogen-bond acceptors (Lipinski definition) is 2. The van der Waals surface area contributed by atoms with E-state index in [1.807, 2.05) is 36.1 Å². The number of carbonyl (C=O) groups is 2. The van der Waals surface area contributed by atoms with Gasteiger partial charge in [-0.1, -0.05) is 19.1 Å². The lowest BCUT2D eigenvalue weighted by Crippen LogP contribution is -2.43. The summed E-state index contributed by atoms with van der Waals surface area (Å²) in [5.74, 6) is 0.616. The van der Waals surface area contributed by atoms with E-state index in [9.17, 15) is 9.59 Å². The Morgan fingerprint density at radius 3 is 2.82 bits per heavy atom. The van der Waals surface area contributed by atoms with E-state index >= 15 is 0 Å². The lowest BCUT2D eigenvalue weighted by Gasteiger charge is -2.32. The van der Waals surface area contributed by atoms with Crippen molar-refractivity contribution in [3.8, 4) is 0 Å². The number of anilines is 1. The molecule has 2 amide bonds. The summed E-state index contributed by atoms with van der Waals surface area (Å²) < 4.78 is 0. The van der Waals surface area contributed by atoms with Crippen LogP contribution in [0.1, 0.15) is 31.7 Å². The number of aryl methyl sites for hydroxylation is 1. The van der Waals surface area contributed by atoms with E-state index in [1.54, 1.807) is 4.90 Å². The zero-order chi connectivity index (χ0) is 15.7. The van der Waals surface area contributed by atoms with Crippen LogP contribution in [-0.4, -0.2) is 36.3 Å². The van der Waals surface area contributed by atoms with Gasteiger partial charge in [0.05, 0.1) is 5.92 Å². The number of piperidine rings is 1. The minimum atomic E-state index is -0.182. The third-order valence-electron chi connectivity index (χ3n) is 4.76. The molecule has 0 spiro atoms. The van der Waals surface area contributed by atoms with Crippen molar-refractivity contribution in [1.29, 1.82) is 0 Å². The molecular formula is C18H24N2O2. The molecule has 4 heteroatoms. The van der Waals surface area contributed by atoms with Crippen LogP contribution in [0.25, 0.3) is 0 Å². The number of benzene rings is 1. The molecule has 4 nitrogen and oxygen atoms in total. The number of carbonyl (C=O) groups excluding carboxylic acids is 2. The highest BCUT2D eigenvalue weighted by molar-refractivity contribution is 6.00. The van der Waals surface area contributed by atoms with Crippen molar-refractivity contribution in [3.63, 3.8) is 0 Å². The monoisotopic (exact) mass is 300 g/mol. The fourth-order valence-electron chi connectivity index (χ4n) is 3.57. The van der Waals surface area contributed by atoms with Crippen molar-refractivity contribution < 1.29 is 9.59 Å². The largest absolute Gasteiger partial charge is 0.342 e. The van der Waals surface area contributed by atoms with Gasteiger partial charge in [0.15, 0.2) is 0 Å². The predicted octanol–water partition coefficient (Wildman–Crippen LogP) is 2.61. The smallest absolute Gasteiger partial charge is 0.228 e. The average molecular weight is 300 g/mol. The molecule has 0 N–H and O–H groups in total. The second kappa shape index (κ2) is 6.11. The summed E-state index contributed by atoms with van der Waals surface area (Å²) in [6.07, 6.45) is 2.62. The molecule has 2 saturated heterocycles. The van der Waals surface area contributed by atoms with Crippen LogP contribution in [0.2, 0.25) is 0 Å². The Kier molecular flexibility index (Phi) is 4.19. The maximum absolute atomic E-state index is 12.7. The fraction of sp³-hybridized carbons (Fsp3) is 0.556. The second-order valence-corrected chi connectivity index (χ2v) is 6.78. The molecule has 0 aliphatic carbocycles. The summed E-state index contributed by atoms with van der Waals surface area (Å²) in [6.45, 7) is 6.42. The Balaban J connectivity index is 1.70. The molecule has 0 aromatic heterocycles. The van der Waals surface area contributed by atoms with E-state index in [-0.39, 0.29) is 17.7 Å². The molecule has 0 saturated carbocycles. The quantitative estimate of drug-likeness (QED) is 0.842. The lowest BCUT2D eigenvalue weighted by atomic mass is 9.98.